The van der Waals surface area contributed by atoms with Gasteiger partial charge in [0.2, 0.25) is 10.0 Å². The molecule has 1 saturated heterocycles. The van der Waals surface area contributed by atoms with E-state index in [1.165, 1.54) is 10.6 Å². The molecule has 0 bridgehead atoms. The number of benzene rings is 1. The van der Waals surface area contributed by atoms with Crippen LogP contribution in [0.3, 0.4) is 0 Å². The number of fused-ring (bicyclic) bond motifs is 1. The lowest BCUT2D eigenvalue weighted by Crippen LogP contribution is -2.27. The summed E-state index contributed by atoms with van der Waals surface area (Å²) in [5, 5.41) is 0. The van der Waals surface area contributed by atoms with Crippen molar-refractivity contribution in [2.45, 2.75) is 12.3 Å². The first-order chi connectivity index (χ1) is 9.47. The maximum absolute atomic E-state index is 11.5. The molecule has 3 rings (SSSR count). The maximum atomic E-state index is 11.5. The van der Waals surface area contributed by atoms with Crippen LogP contribution < -0.4 is 4.74 Å². The number of nitrogens with one attached hydrogen (secondary N) is 1. The molecular weight excluding hydrogens is 278 g/mol. The predicted octanol–water partition coefficient (Wildman–Crippen LogP) is 1.32. The second kappa shape index (κ2) is 4.75. The Balaban J connectivity index is 1.88. The number of sulfonamides is 1. The van der Waals surface area contributed by atoms with Gasteiger partial charge >= 0.3 is 0 Å². The number of hydrogen-bond acceptors (Lipinski definition) is 4. The van der Waals surface area contributed by atoms with Gasteiger partial charge in [-0.05, 0) is 18.6 Å². The minimum atomic E-state index is -3.11. The second-order valence-corrected chi connectivity index (χ2v) is 7.09. The second-order valence-electron chi connectivity index (χ2n) is 5.11. The molecule has 1 fully saturated rings. The lowest BCUT2D eigenvalue weighted by Gasteiger charge is -2.11. The molecular formula is C13H17N3O3S. The quantitative estimate of drug-likeness (QED) is 0.926. The maximum Gasteiger partial charge on any atom is 0.211 e. The third-order valence-corrected chi connectivity index (χ3v) is 4.98. The van der Waals surface area contributed by atoms with E-state index >= 15 is 0 Å². The molecule has 0 amide bonds. The summed E-state index contributed by atoms with van der Waals surface area (Å²) >= 11 is 0. The van der Waals surface area contributed by atoms with Gasteiger partial charge in [-0.15, -0.1) is 0 Å². The zero-order valence-electron chi connectivity index (χ0n) is 11.5. The molecule has 1 aliphatic heterocycles. The van der Waals surface area contributed by atoms with Crippen LogP contribution >= 0.6 is 0 Å². The van der Waals surface area contributed by atoms with E-state index in [9.17, 15) is 8.42 Å². The monoisotopic (exact) mass is 295 g/mol. The van der Waals surface area contributed by atoms with Crippen molar-refractivity contribution in [1.82, 2.24) is 14.3 Å². The van der Waals surface area contributed by atoms with E-state index in [2.05, 4.69) is 9.97 Å². The van der Waals surface area contributed by atoms with Crippen LogP contribution in [0.25, 0.3) is 11.0 Å². The van der Waals surface area contributed by atoms with Crippen molar-refractivity contribution in [3.63, 3.8) is 0 Å². The number of methoxy groups -OCH3 is 1. The van der Waals surface area contributed by atoms with Gasteiger partial charge in [-0.25, -0.2) is 17.7 Å². The van der Waals surface area contributed by atoms with Crippen molar-refractivity contribution in [2.75, 3.05) is 26.5 Å². The van der Waals surface area contributed by atoms with E-state index < -0.39 is 10.0 Å². The molecule has 2 aromatic rings. The summed E-state index contributed by atoms with van der Waals surface area (Å²) in [7, 11) is -1.49. The van der Waals surface area contributed by atoms with Gasteiger partial charge in [0, 0.05) is 25.1 Å². The lowest BCUT2D eigenvalue weighted by molar-refractivity contribution is 0.415. The van der Waals surface area contributed by atoms with E-state index in [-0.39, 0.29) is 5.92 Å². The summed E-state index contributed by atoms with van der Waals surface area (Å²) in [6, 6.07) is 5.66. The van der Waals surface area contributed by atoms with Crippen LogP contribution in [0.5, 0.6) is 5.75 Å². The van der Waals surface area contributed by atoms with Gasteiger partial charge in [0.1, 0.15) is 11.6 Å². The first kappa shape index (κ1) is 13.4. The Labute approximate surface area is 117 Å². The van der Waals surface area contributed by atoms with E-state index in [0.717, 1.165) is 29.0 Å². The number of nitrogens with zero attached hydrogens (tertiary/aromatic N) is 2. The highest BCUT2D eigenvalue weighted by Crippen LogP contribution is 2.29. The van der Waals surface area contributed by atoms with Crippen LogP contribution in [0.1, 0.15) is 18.2 Å². The molecule has 0 saturated carbocycles. The molecule has 2 heterocycles. The Morgan fingerprint density at radius 1 is 1.45 bits per heavy atom. The predicted molar refractivity (Wildman–Crippen MR) is 76.4 cm³/mol. The number of aromatic amines is 1. The number of ether oxygens (including phenoxy) is 1. The van der Waals surface area contributed by atoms with E-state index in [1.807, 2.05) is 18.2 Å². The van der Waals surface area contributed by atoms with Crippen molar-refractivity contribution in [3.8, 4) is 5.75 Å². The topological polar surface area (TPSA) is 75.3 Å². The molecule has 1 N–H and O–H groups in total. The highest BCUT2D eigenvalue weighted by Gasteiger charge is 2.31. The smallest absolute Gasteiger partial charge is 0.211 e. The Hall–Kier alpha value is -1.60. The fraction of sp³-hybridized carbons (Fsp3) is 0.462. The molecule has 0 radical (unpaired) electrons. The number of imidazole rings is 1. The van der Waals surface area contributed by atoms with Gasteiger partial charge in [0.15, 0.2) is 0 Å². The zero-order chi connectivity index (χ0) is 14.3. The molecule has 0 spiro atoms. The third kappa shape index (κ3) is 2.38. The molecule has 1 atom stereocenters. The summed E-state index contributed by atoms with van der Waals surface area (Å²) in [6.45, 7) is 1.06. The van der Waals surface area contributed by atoms with Gasteiger partial charge in [-0.2, -0.15) is 0 Å². The van der Waals surface area contributed by atoms with Gasteiger partial charge in [0.25, 0.3) is 0 Å². The molecule has 7 heteroatoms. The Morgan fingerprint density at radius 2 is 2.25 bits per heavy atom. The lowest BCUT2D eigenvalue weighted by atomic mass is 10.1. The Bertz CT molecular complexity index is 738. The standard InChI is InChI=1S/C13H17N3O3S/c1-19-10-3-4-11-12(7-10)15-13(14-11)9-5-6-16(8-9)20(2,17)18/h3-4,7,9H,5-6,8H2,1-2H3,(H,14,15)/t9-/m0/s1. The first-order valence-electron chi connectivity index (χ1n) is 6.46. The van der Waals surface area contributed by atoms with Crippen molar-refractivity contribution < 1.29 is 13.2 Å². The van der Waals surface area contributed by atoms with Crippen LogP contribution in [0.15, 0.2) is 18.2 Å². The molecule has 20 heavy (non-hydrogen) atoms. The molecule has 1 aromatic carbocycles. The van der Waals surface area contributed by atoms with Crippen molar-refractivity contribution in [2.24, 2.45) is 0 Å². The zero-order valence-corrected chi connectivity index (χ0v) is 12.3. The number of aromatic nitrogens is 2. The molecule has 1 aromatic heterocycles. The number of rotatable bonds is 3. The summed E-state index contributed by atoms with van der Waals surface area (Å²) in [6.07, 6.45) is 2.04. The van der Waals surface area contributed by atoms with Crippen molar-refractivity contribution in [1.29, 1.82) is 0 Å². The average Bonchev–Trinajstić information content (AvgIpc) is 3.03. The molecule has 1 aliphatic rings. The van der Waals surface area contributed by atoms with Gasteiger partial charge in [-0.1, -0.05) is 0 Å². The van der Waals surface area contributed by atoms with Crippen molar-refractivity contribution in [3.05, 3.63) is 24.0 Å². The van der Waals surface area contributed by atoms with Crippen LogP contribution in [0, 0.1) is 0 Å². The van der Waals surface area contributed by atoms with Gasteiger partial charge in [0.05, 0.1) is 24.4 Å². The fourth-order valence-corrected chi connectivity index (χ4v) is 3.47. The summed E-state index contributed by atoms with van der Waals surface area (Å²) < 4.78 is 29.8. The van der Waals surface area contributed by atoms with Crippen LogP contribution in [0.2, 0.25) is 0 Å². The van der Waals surface area contributed by atoms with Gasteiger partial charge in [-0.3, -0.25) is 0 Å². The SMILES string of the molecule is COc1ccc2nc([C@H]3CCN(S(C)(=O)=O)C3)[nH]c2c1. The van der Waals surface area contributed by atoms with E-state index in [1.54, 1.807) is 7.11 Å². The largest absolute Gasteiger partial charge is 0.497 e. The van der Waals surface area contributed by atoms with Crippen LogP contribution in [-0.4, -0.2) is 49.1 Å². The molecule has 0 aliphatic carbocycles. The summed E-state index contributed by atoms with van der Waals surface area (Å²) in [5.74, 6) is 1.75. The fourth-order valence-electron chi connectivity index (χ4n) is 2.58. The number of H-pyrrole nitrogens is 1. The third-order valence-electron chi connectivity index (χ3n) is 3.71. The average molecular weight is 295 g/mol. The molecule has 108 valence electrons. The van der Waals surface area contributed by atoms with Gasteiger partial charge < -0.3 is 9.72 Å². The highest BCUT2D eigenvalue weighted by molar-refractivity contribution is 7.88. The van der Waals surface area contributed by atoms with E-state index in [4.69, 9.17) is 4.74 Å². The summed E-state index contributed by atoms with van der Waals surface area (Å²) in [5.41, 5.74) is 1.79. The Kier molecular flexibility index (Phi) is 3.18. The Morgan fingerprint density at radius 3 is 2.90 bits per heavy atom. The summed E-state index contributed by atoms with van der Waals surface area (Å²) in [4.78, 5) is 7.83. The van der Waals surface area contributed by atoms with Crippen LogP contribution in [0.4, 0.5) is 0 Å². The minimum Gasteiger partial charge on any atom is -0.497 e. The molecule has 6 nitrogen and oxygen atoms in total. The highest BCUT2D eigenvalue weighted by atomic mass is 32.2. The minimum absolute atomic E-state index is 0.128. The first-order valence-corrected chi connectivity index (χ1v) is 8.31. The van der Waals surface area contributed by atoms with Crippen LogP contribution in [-0.2, 0) is 10.0 Å². The van der Waals surface area contributed by atoms with E-state index in [0.29, 0.717) is 13.1 Å². The normalized spacial score (nSPS) is 20.6. The van der Waals surface area contributed by atoms with Crippen molar-refractivity contribution >= 4 is 21.1 Å². The molecule has 0 unspecified atom stereocenters. The number of hydrogen-bond donors (Lipinski definition) is 1.